The van der Waals surface area contributed by atoms with E-state index in [9.17, 15) is 0 Å². The Balaban J connectivity index is 2.02. The molecule has 3 N–H and O–H groups in total. The van der Waals surface area contributed by atoms with E-state index in [-0.39, 0.29) is 6.04 Å². The molecule has 1 aromatic rings. The number of rotatable bonds is 4. The lowest BCUT2D eigenvalue weighted by Gasteiger charge is -2.22. The molecule has 1 atom stereocenters. The summed E-state index contributed by atoms with van der Waals surface area (Å²) in [5.41, 5.74) is 6.86. The van der Waals surface area contributed by atoms with Crippen molar-refractivity contribution in [1.29, 1.82) is 0 Å². The van der Waals surface area contributed by atoms with Crippen LogP contribution in [0.1, 0.15) is 25.3 Å². The van der Waals surface area contributed by atoms with Crippen LogP contribution in [0.5, 0.6) is 0 Å². The summed E-state index contributed by atoms with van der Waals surface area (Å²) < 4.78 is 1.91. The fraction of sp³-hybridized carbons (Fsp3) is 0.636. The number of oxime groups is 1. The van der Waals surface area contributed by atoms with Crippen molar-refractivity contribution in [3.05, 3.63) is 18.0 Å². The molecule has 1 aliphatic heterocycles. The lowest BCUT2D eigenvalue weighted by atomic mass is 10.2. The molecule has 6 heteroatoms. The maximum atomic E-state index is 8.74. The molecular weight excluding hydrogens is 218 g/mol. The summed E-state index contributed by atoms with van der Waals surface area (Å²) >= 11 is 0. The van der Waals surface area contributed by atoms with Crippen molar-refractivity contribution in [1.82, 2.24) is 14.7 Å². The van der Waals surface area contributed by atoms with Gasteiger partial charge in [-0.3, -0.25) is 9.58 Å². The second-order valence-electron chi connectivity index (χ2n) is 4.36. The third-order valence-corrected chi connectivity index (χ3v) is 3.22. The standard InChI is InChI=1S/C11H19N5O/c1-2-16-8-9(6-13-16)7-15-5-3-4-10(15)11(12)14-17/h6,8,10,17H,2-5,7H2,1H3,(H2,12,14). The summed E-state index contributed by atoms with van der Waals surface area (Å²) in [6, 6.07) is 0.0602. The lowest BCUT2D eigenvalue weighted by molar-refractivity contribution is 0.275. The molecule has 0 aromatic carbocycles. The molecule has 1 unspecified atom stereocenters. The molecule has 1 saturated heterocycles. The molecule has 0 radical (unpaired) electrons. The summed E-state index contributed by atoms with van der Waals surface area (Å²) in [6.45, 7) is 4.73. The number of nitrogens with two attached hydrogens (primary N) is 1. The van der Waals surface area contributed by atoms with Crippen LogP contribution in [0.3, 0.4) is 0 Å². The predicted molar refractivity (Wildman–Crippen MR) is 64.7 cm³/mol. The van der Waals surface area contributed by atoms with Crippen LogP contribution in [0.2, 0.25) is 0 Å². The highest BCUT2D eigenvalue weighted by atomic mass is 16.4. The first-order valence-corrected chi connectivity index (χ1v) is 5.97. The van der Waals surface area contributed by atoms with Gasteiger partial charge < -0.3 is 10.9 Å². The zero-order chi connectivity index (χ0) is 12.3. The molecule has 94 valence electrons. The van der Waals surface area contributed by atoms with Gasteiger partial charge in [-0.15, -0.1) is 0 Å². The Bertz CT molecular complexity index is 400. The Kier molecular flexibility index (Phi) is 3.63. The minimum Gasteiger partial charge on any atom is -0.409 e. The van der Waals surface area contributed by atoms with E-state index in [0.29, 0.717) is 5.84 Å². The number of hydrogen-bond donors (Lipinski definition) is 2. The monoisotopic (exact) mass is 237 g/mol. The zero-order valence-electron chi connectivity index (χ0n) is 10.1. The molecule has 1 aromatic heterocycles. The van der Waals surface area contributed by atoms with Crippen LogP contribution in [-0.2, 0) is 13.1 Å². The van der Waals surface area contributed by atoms with Crippen molar-refractivity contribution in [3.8, 4) is 0 Å². The molecule has 1 aliphatic rings. The van der Waals surface area contributed by atoms with Gasteiger partial charge in [-0.25, -0.2) is 0 Å². The summed E-state index contributed by atoms with van der Waals surface area (Å²) in [5.74, 6) is 0.311. The smallest absolute Gasteiger partial charge is 0.156 e. The van der Waals surface area contributed by atoms with Gasteiger partial charge in [0.2, 0.25) is 0 Å². The van der Waals surface area contributed by atoms with Crippen molar-refractivity contribution in [3.63, 3.8) is 0 Å². The molecule has 17 heavy (non-hydrogen) atoms. The topological polar surface area (TPSA) is 79.7 Å². The van der Waals surface area contributed by atoms with Crippen LogP contribution in [0.4, 0.5) is 0 Å². The minimum atomic E-state index is 0.0602. The highest BCUT2D eigenvalue weighted by Gasteiger charge is 2.28. The van der Waals surface area contributed by atoms with E-state index >= 15 is 0 Å². The van der Waals surface area contributed by atoms with Crippen LogP contribution in [-0.4, -0.2) is 38.3 Å². The first-order valence-electron chi connectivity index (χ1n) is 5.97. The average molecular weight is 237 g/mol. The Morgan fingerprint density at radius 1 is 1.71 bits per heavy atom. The molecule has 0 amide bonds. The fourth-order valence-corrected chi connectivity index (χ4v) is 2.31. The van der Waals surface area contributed by atoms with Crippen LogP contribution in [0.15, 0.2) is 17.5 Å². The lowest BCUT2D eigenvalue weighted by Crippen LogP contribution is -2.39. The van der Waals surface area contributed by atoms with Gasteiger partial charge >= 0.3 is 0 Å². The highest BCUT2D eigenvalue weighted by molar-refractivity contribution is 5.85. The maximum absolute atomic E-state index is 8.74. The number of amidine groups is 1. The normalized spacial score (nSPS) is 22.2. The van der Waals surface area contributed by atoms with Crippen molar-refractivity contribution >= 4 is 5.84 Å². The number of aromatic nitrogens is 2. The van der Waals surface area contributed by atoms with Gasteiger partial charge in [-0.05, 0) is 26.3 Å². The van der Waals surface area contributed by atoms with Gasteiger partial charge in [-0.1, -0.05) is 5.16 Å². The van der Waals surface area contributed by atoms with Crippen LogP contribution in [0, 0.1) is 0 Å². The Hall–Kier alpha value is -1.56. The molecular formula is C11H19N5O. The van der Waals surface area contributed by atoms with Crippen molar-refractivity contribution < 1.29 is 5.21 Å². The van der Waals surface area contributed by atoms with Crippen LogP contribution in [0.25, 0.3) is 0 Å². The van der Waals surface area contributed by atoms with Gasteiger partial charge in [0.25, 0.3) is 0 Å². The molecule has 2 rings (SSSR count). The van der Waals surface area contributed by atoms with Gasteiger partial charge in [0, 0.05) is 24.8 Å². The van der Waals surface area contributed by atoms with Crippen LogP contribution < -0.4 is 5.73 Å². The fourth-order valence-electron chi connectivity index (χ4n) is 2.31. The Labute approximate surface area is 101 Å². The average Bonchev–Trinajstić information content (AvgIpc) is 2.97. The van der Waals surface area contributed by atoms with E-state index in [1.165, 1.54) is 5.56 Å². The van der Waals surface area contributed by atoms with Gasteiger partial charge in [0.1, 0.15) is 0 Å². The highest BCUT2D eigenvalue weighted by Crippen LogP contribution is 2.19. The maximum Gasteiger partial charge on any atom is 0.156 e. The molecule has 2 heterocycles. The van der Waals surface area contributed by atoms with Crippen molar-refractivity contribution in [2.24, 2.45) is 10.9 Å². The molecule has 0 spiro atoms. The summed E-state index contributed by atoms with van der Waals surface area (Å²) in [7, 11) is 0. The SMILES string of the molecule is CCn1cc(CN2CCCC2C(N)=NO)cn1. The van der Waals surface area contributed by atoms with Crippen molar-refractivity contribution in [2.45, 2.75) is 38.9 Å². The number of hydrogen-bond acceptors (Lipinski definition) is 4. The largest absolute Gasteiger partial charge is 0.409 e. The first kappa shape index (κ1) is 11.9. The van der Waals surface area contributed by atoms with Gasteiger partial charge in [-0.2, -0.15) is 5.10 Å². The Morgan fingerprint density at radius 2 is 2.53 bits per heavy atom. The van der Waals surface area contributed by atoms with E-state index in [1.807, 2.05) is 17.1 Å². The van der Waals surface area contributed by atoms with Gasteiger partial charge in [0.15, 0.2) is 5.84 Å². The van der Waals surface area contributed by atoms with E-state index in [1.54, 1.807) is 0 Å². The van der Waals surface area contributed by atoms with Gasteiger partial charge in [0.05, 0.1) is 12.2 Å². The summed E-state index contributed by atoms with van der Waals surface area (Å²) in [6.07, 6.45) is 5.97. The summed E-state index contributed by atoms with van der Waals surface area (Å²) in [4.78, 5) is 2.23. The number of likely N-dealkylation sites (tertiary alicyclic amines) is 1. The third-order valence-electron chi connectivity index (χ3n) is 3.22. The molecule has 1 fully saturated rings. The first-order chi connectivity index (χ1) is 8.24. The van der Waals surface area contributed by atoms with Crippen LogP contribution >= 0.6 is 0 Å². The quantitative estimate of drug-likeness (QED) is 0.348. The third kappa shape index (κ3) is 2.58. The molecule has 0 aliphatic carbocycles. The van der Waals surface area contributed by atoms with E-state index < -0.39 is 0 Å². The number of nitrogens with zero attached hydrogens (tertiary/aromatic N) is 4. The Morgan fingerprint density at radius 3 is 3.18 bits per heavy atom. The second-order valence-corrected chi connectivity index (χ2v) is 4.36. The summed E-state index contributed by atoms with van der Waals surface area (Å²) in [5, 5.41) is 16.1. The molecule has 6 nitrogen and oxygen atoms in total. The molecule has 0 bridgehead atoms. The second kappa shape index (κ2) is 5.18. The predicted octanol–water partition coefficient (Wildman–Crippen LogP) is 0.614. The van der Waals surface area contributed by atoms with Crippen molar-refractivity contribution in [2.75, 3.05) is 6.54 Å². The van der Waals surface area contributed by atoms with E-state index in [2.05, 4.69) is 22.1 Å². The molecule has 0 saturated carbocycles. The zero-order valence-corrected chi connectivity index (χ0v) is 10.1. The number of aryl methyl sites for hydroxylation is 1. The minimum absolute atomic E-state index is 0.0602. The van der Waals surface area contributed by atoms with E-state index in [4.69, 9.17) is 10.9 Å². The van der Waals surface area contributed by atoms with E-state index in [0.717, 1.165) is 32.5 Å².